The molecule has 4 aliphatic carbocycles. The highest BCUT2D eigenvalue weighted by atomic mass is 16.5. The van der Waals surface area contributed by atoms with Crippen LogP contribution in [0.3, 0.4) is 0 Å². The van der Waals surface area contributed by atoms with E-state index in [2.05, 4.69) is 19.9 Å². The molecule has 0 aromatic heterocycles. The van der Waals surface area contributed by atoms with Gasteiger partial charge in [-0.3, -0.25) is 14.4 Å². The first-order valence-corrected chi connectivity index (χ1v) is 11.6. The molecule has 0 heterocycles. The third-order valence-corrected chi connectivity index (χ3v) is 9.30. The molecule has 0 radical (unpaired) electrons. The van der Waals surface area contributed by atoms with Crippen LogP contribution in [0.25, 0.3) is 0 Å². The van der Waals surface area contributed by atoms with Crippen LogP contribution in [0.2, 0.25) is 0 Å². The zero-order valence-electron chi connectivity index (χ0n) is 19.0. The number of ketones is 1. The molecule has 0 unspecified atom stereocenters. The van der Waals surface area contributed by atoms with Gasteiger partial charge in [0, 0.05) is 24.8 Å². The largest absolute Gasteiger partial charge is 0.463 e. The van der Waals surface area contributed by atoms with Crippen molar-refractivity contribution in [3.63, 3.8) is 0 Å². The van der Waals surface area contributed by atoms with Crippen molar-refractivity contribution in [2.24, 2.45) is 34.5 Å². The van der Waals surface area contributed by atoms with Crippen molar-refractivity contribution in [1.82, 2.24) is 0 Å². The van der Waals surface area contributed by atoms with Crippen molar-refractivity contribution in [3.8, 4) is 0 Å². The fraction of sp³-hybridized carbons (Fsp3) is 0.800. The van der Waals surface area contributed by atoms with Crippen molar-refractivity contribution in [2.45, 2.75) is 91.8 Å². The predicted molar refractivity (Wildman–Crippen MR) is 112 cm³/mol. The Labute approximate surface area is 179 Å². The lowest BCUT2D eigenvalue weighted by Gasteiger charge is -2.62. The molecule has 0 spiro atoms. The Morgan fingerprint density at radius 3 is 2.27 bits per heavy atom. The summed E-state index contributed by atoms with van der Waals surface area (Å²) in [6.45, 7) is 9.20. The molecule has 0 amide bonds. The number of allylic oxidation sites excluding steroid dienone is 1. The molecule has 0 bridgehead atoms. The monoisotopic (exact) mass is 416 g/mol. The first kappa shape index (κ1) is 21.6. The smallest absolute Gasteiger partial charge is 0.302 e. The van der Waals surface area contributed by atoms with Gasteiger partial charge in [-0.1, -0.05) is 19.9 Å². The Hall–Kier alpha value is -1.65. The second-order valence-electron chi connectivity index (χ2n) is 10.7. The maximum absolute atomic E-state index is 12.5. The maximum Gasteiger partial charge on any atom is 0.302 e. The molecule has 4 rings (SSSR count). The minimum Gasteiger partial charge on any atom is -0.463 e. The second-order valence-corrected chi connectivity index (χ2v) is 10.7. The fourth-order valence-electron chi connectivity index (χ4n) is 7.98. The van der Waals surface area contributed by atoms with Crippen molar-refractivity contribution in [3.05, 3.63) is 11.6 Å². The molecule has 0 aliphatic heterocycles. The fourth-order valence-corrected chi connectivity index (χ4v) is 7.98. The highest BCUT2D eigenvalue weighted by molar-refractivity contribution is 5.95. The summed E-state index contributed by atoms with van der Waals surface area (Å²) in [7, 11) is 0. The second kappa shape index (κ2) is 7.49. The Kier molecular flexibility index (Phi) is 5.39. The molecule has 0 aromatic rings. The Morgan fingerprint density at radius 2 is 1.63 bits per heavy atom. The summed E-state index contributed by atoms with van der Waals surface area (Å²) >= 11 is 0. The summed E-state index contributed by atoms with van der Waals surface area (Å²) in [4.78, 5) is 35.9. The van der Waals surface area contributed by atoms with Crippen molar-refractivity contribution < 1.29 is 23.9 Å². The number of hydrogen-bond acceptors (Lipinski definition) is 5. The molecule has 166 valence electrons. The van der Waals surface area contributed by atoms with E-state index in [9.17, 15) is 14.4 Å². The zero-order valence-corrected chi connectivity index (χ0v) is 19.0. The Morgan fingerprint density at radius 1 is 0.933 bits per heavy atom. The van der Waals surface area contributed by atoms with Gasteiger partial charge in [0.15, 0.2) is 5.78 Å². The first-order chi connectivity index (χ1) is 14.1. The lowest BCUT2D eigenvalue weighted by atomic mass is 9.44. The maximum atomic E-state index is 12.5. The molecule has 30 heavy (non-hydrogen) atoms. The lowest BCUT2D eigenvalue weighted by molar-refractivity contribution is -0.185. The average molecular weight is 417 g/mol. The number of rotatable bonds is 3. The van der Waals surface area contributed by atoms with Crippen LogP contribution < -0.4 is 0 Å². The van der Waals surface area contributed by atoms with E-state index in [0.717, 1.165) is 50.5 Å². The van der Waals surface area contributed by atoms with Crippen LogP contribution in [0.4, 0.5) is 0 Å². The van der Waals surface area contributed by atoms with Crippen LogP contribution in [-0.2, 0) is 23.9 Å². The van der Waals surface area contributed by atoms with Gasteiger partial charge in [-0.2, -0.15) is 0 Å². The third kappa shape index (κ3) is 3.23. The summed E-state index contributed by atoms with van der Waals surface area (Å²) in [5.41, 5.74) is 0.651. The van der Waals surface area contributed by atoms with E-state index < -0.39 is 0 Å². The average Bonchev–Trinajstić information content (AvgIpc) is 3.01. The molecule has 0 aromatic carbocycles. The highest BCUT2D eigenvalue weighted by Crippen LogP contribution is 2.67. The van der Waals surface area contributed by atoms with Crippen molar-refractivity contribution in [1.29, 1.82) is 0 Å². The molecule has 8 atom stereocenters. The molecule has 5 nitrogen and oxygen atoms in total. The molecule has 3 fully saturated rings. The minimum absolute atomic E-state index is 0.0349. The summed E-state index contributed by atoms with van der Waals surface area (Å²) in [5, 5.41) is 0. The van der Waals surface area contributed by atoms with E-state index in [1.165, 1.54) is 13.8 Å². The van der Waals surface area contributed by atoms with Gasteiger partial charge in [0.05, 0.1) is 0 Å². The quantitative estimate of drug-likeness (QED) is 0.628. The number of carbonyl (C=O) groups excluding carboxylic acids is 3. The molecular formula is C25H36O5. The van der Waals surface area contributed by atoms with Gasteiger partial charge < -0.3 is 9.47 Å². The Balaban J connectivity index is 1.64. The van der Waals surface area contributed by atoms with E-state index in [4.69, 9.17) is 9.47 Å². The molecule has 0 N–H and O–H groups in total. The van der Waals surface area contributed by atoms with Crippen molar-refractivity contribution >= 4 is 17.7 Å². The van der Waals surface area contributed by atoms with E-state index in [0.29, 0.717) is 23.7 Å². The van der Waals surface area contributed by atoms with Crippen LogP contribution >= 0.6 is 0 Å². The number of fused-ring (bicyclic) bond motifs is 5. The van der Waals surface area contributed by atoms with Gasteiger partial charge in [0.25, 0.3) is 0 Å². The van der Waals surface area contributed by atoms with Gasteiger partial charge in [-0.15, -0.1) is 0 Å². The van der Waals surface area contributed by atoms with Crippen LogP contribution in [-0.4, -0.2) is 29.9 Å². The van der Waals surface area contributed by atoms with Crippen LogP contribution in [0.5, 0.6) is 0 Å². The molecule has 5 heteroatoms. The van der Waals surface area contributed by atoms with Crippen LogP contribution in [0.1, 0.15) is 79.6 Å². The van der Waals surface area contributed by atoms with E-state index in [1.807, 2.05) is 0 Å². The molecule has 3 saturated carbocycles. The van der Waals surface area contributed by atoms with Gasteiger partial charge >= 0.3 is 11.9 Å². The van der Waals surface area contributed by atoms with Crippen LogP contribution in [0.15, 0.2) is 11.6 Å². The van der Waals surface area contributed by atoms with Gasteiger partial charge in [-0.25, -0.2) is 0 Å². The lowest BCUT2D eigenvalue weighted by Crippen LogP contribution is -2.59. The van der Waals surface area contributed by atoms with E-state index >= 15 is 0 Å². The predicted octanol–water partition coefficient (Wildman–Crippen LogP) is 4.63. The summed E-state index contributed by atoms with van der Waals surface area (Å²) in [5.74, 6) is 1.55. The topological polar surface area (TPSA) is 69.7 Å². The van der Waals surface area contributed by atoms with Gasteiger partial charge in [0.2, 0.25) is 0 Å². The minimum atomic E-state index is -0.378. The van der Waals surface area contributed by atoms with Crippen LogP contribution in [0, 0.1) is 34.5 Å². The summed E-state index contributed by atoms with van der Waals surface area (Å²) in [6, 6.07) is 0. The standard InChI is InChI=1S/C25H36O5/c1-14(26)20-8-9-21-19-7-6-17-12-18(29-15(2)27)10-11-24(17,4)22(19)13-23(25(20,21)5)30-16(3)28/h8,17-19,21-23H,6-7,9-13H2,1-5H3/t17-,18+,19-,21+,22+,23-,24-,25+/m0/s1. The van der Waals surface area contributed by atoms with Gasteiger partial charge in [-0.05, 0) is 81.0 Å². The normalized spacial score (nSPS) is 44.8. The molecule has 0 saturated heterocycles. The zero-order chi connectivity index (χ0) is 21.8. The first-order valence-electron chi connectivity index (χ1n) is 11.6. The van der Waals surface area contributed by atoms with E-state index in [-0.39, 0.29) is 40.8 Å². The Bertz CT molecular complexity index is 784. The third-order valence-electron chi connectivity index (χ3n) is 9.30. The van der Waals surface area contributed by atoms with Crippen molar-refractivity contribution in [2.75, 3.05) is 0 Å². The number of hydrogen-bond donors (Lipinski definition) is 0. The number of carbonyl (C=O) groups is 3. The number of esters is 2. The molecule has 4 aliphatic rings. The van der Waals surface area contributed by atoms with E-state index in [1.54, 1.807) is 6.92 Å². The summed E-state index contributed by atoms with van der Waals surface area (Å²) in [6.07, 6.45) is 8.82. The molecular weight excluding hydrogens is 380 g/mol. The summed E-state index contributed by atoms with van der Waals surface area (Å²) < 4.78 is 11.5. The SMILES string of the molecule is CC(=O)O[C@@H]1CC[C@@]2(C)[C@@H](CC[C@@H]3[C@H]2C[C@H](OC(C)=O)[C@]2(C)C(C(C)=O)=CC[C@H]32)C1. The number of Topliss-reactive ketones (excluding diaryl/α,β-unsaturated/α-hetero) is 1. The van der Waals surface area contributed by atoms with Gasteiger partial charge in [0.1, 0.15) is 12.2 Å². The highest BCUT2D eigenvalue weighted by Gasteiger charge is 2.63. The number of ether oxygens (including phenoxy) is 2.